The van der Waals surface area contributed by atoms with Gasteiger partial charge in [-0.15, -0.1) is 0 Å². The molecule has 0 bridgehead atoms. The minimum Gasteiger partial charge on any atom is -0.495 e. The minimum absolute atomic E-state index is 0.179. The lowest BCUT2D eigenvalue weighted by Crippen LogP contribution is -2.47. The van der Waals surface area contributed by atoms with E-state index < -0.39 is 24.6 Å². The molecule has 9 nitrogen and oxygen atoms in total. The number of carbonyl (C=O) groups excluding carboxylic acids is 2. The number of benzene rings is 2. The van der Waals surface area contributed by atoms with Crippen LogP contribution in [0.25, 0.3) is 0 Å². The number of amides is 2. The highest BCUT2D eigenvalue weighted by atomic mass is 19.4. The Hall–Kier alpha value is -4.37. The van der Waals surface area contributed by atoms with Gasteiger partial charge in [0, 0.05) is 11.3 Å². The van der Waals surface area contributed by atoms with Gasteiger partial charge in [0.25, 0.3) is 11.8 Å². The van der Waals surface area contributed by atoms with Crippen molar-refractivity contribution in [3.05, 3.63) is 71.0 Å². The van der Waals surface area contributed by atoms with Gasteiger partial charge in [0.15, 0.2) is 0 Å². The lowest BCUT2D eigenvalue weighted by Gasteiger charge is -2.34. The number of halogens is 3. The largest absolute Gasteiger partial charge is 0.495 e. The number of nitrogens with zero attached hydrogens (tertiary/aromatic N) is 4. The highest BCUT2D eigenvalue weighted by Gasteiger charge is 2.35. The molecule has 0 aliphatic carbocycles. The fraction of sp³-hybridized carbons (Fsp3) is 0.280. The second-order valence-corrected chi connectivity index (χ2v) is 8.37. The molecule has 0 radical (unpaired) electrons. The van der Waals surface area contributed by atoms with E-state index in [0.29, 0.717) is 23.5 Å². The van der Waals surface area contributed by atoms with Crippen molar-refractivity contribution in [3.63, 3.8) is 0 Å². The van der Waals surface area contributed by atoms with Gasteiger partial charge in [-0.1, -0.05) is 12.1 Å². The zero-order valence-corrected chi connectivity index (χ0v) is 19.9. The number of hydrogen-bond donors (Lipinski definition) is 1. The number of nitriles is 1. The second-order valence-electron chi connectivity index (χ2n) is 8.37. The number of anilines is 2. The Morgan fingerprint density at radius 1 is 1.24 bits per heavy atom. The lowest BCUT2D eigenvalue weighted by atomic mass is 10.1. The zero-order chi connectivity index (χ0) is 26.7. The maximum Gasteiger partial charge on any atom is 0.411 e. The van der Waals surface area contributed by atoms with E-state index in [2.05, 4.69) is 15.2 Å². The number of methoxy groups -OCH3 is 1. The van der Waals surface area contributed by atoms with Crippen LogP contribution in [-0.4, -0.2) is 47.5 Å². The first kappa shape index (κ1) is 25.7. The van der Waals surface area contributed by atoms with Gasteiger partial charge in [-0.05, 0) is 42.8 Å². The third-order valence-electron chi connectivity index (χ3n) is 5.72. The van der Waals surface area contributed by atoms with Gasteiger partial charge >= 0.3 is 6.18 Å². The van der Waals surface area contributed by atoms with Crippen LogP contribution in [0.3, 0.4) is 0 Å². The Morgan fingerprint density at radius 3 is 2.62 bits per heavy atom. The van der Waals surface area contributed by atoms with Crippen LogP contribution in [0, 0.1) is 11.3 Å². The summed E-state index contributed by atoms with van der Waals surface area (Å²) < 4.78 is 48.2. The predicted octanol–water partition coefficient (Wildman–Crippen LogP) is 4.14. The summed E-state index contributed by atoms with van der Waals surface area (Å²) in [6.45, 7) is 0.630. The van der Waals surface area contributed by atoms with Crippen molar-refractivity contribution in [1.29, 1.82) is 5.26 Å². The Bertz CT molecular complexity index is 1360. The van der Waals surface area contributed by atoms with Gasteiger partial charge in [-0.3, -0.25) is 14.3 Å². The average Bonchev–Trinajstić information content (AvgIpc) is 3.26. The molecule has 1 unspecified atom stereocenters. The summed E-state index contributed by atoms with van der Waals surface area (Å²) in [6, 6.07) is 12.5. The summed E-state index contributed by atoms with van der Waals surface area (Å²) in [6.07, 6.45) is -3.02. The van der Waals surface area contributed by atoms with E-state index in [9.17, 15) is 28.0 Å². The molecule has 192 valence electrons. The van der Waals surface area contributed by atoms with Crippen LogP contribution in [0.15, 0.2) is 48.7 Å². The summed E-state index contributed by atoms with van der Waals surface area (Å²) in [5, 5.41) is 16.2. The van der Waals surface area contributed by atoms with E-state index in [-0.39, 0.29) is 35.2 Å². The first-order chi connectivity index (χ1) is 17.6. The fourth-order valence-electron chi connectivity index (χ4n) is 4.03. The van der Waals surface area contributed by atoms with Gasteiger partial charge in [0.1, 0.15) is 24.1 Å². The van der Waals surface area contributed by atoms with Gasteiger partial charge in [0.2, 0.25) is 0 Å². The molecule has 0 saturated carbocycles. The van der Waals surface area contributed by atoms with E-state index in [1.165, 1.54) is 41.1 Å². The molecule has 2 aromatic carbocycles. The van der Waals surface area contributed by atoms with E-state index in [1.807, 2.05) is 13.0 Å². The summed E-state index contributed by atoms with van der Waals surface area (Å²) >= 11 is 0. The van der Waals surface area contributed by atoms with Gasteiger partial charge in [-0.25, -0.2) is 0 Å². The van der Waals surface area contributed by atoms with E-state index in [4.69, 9.17) is 4.74 Å². The molecular formula is C25H22F3N5O4. The molecule has 3 aromatic rings. The highest BCUT2D eigenvalue weighted by Crippen LogP contribution is 2.30. The van der Waals surface area contributed by atoms with Crippen LogP contribution in [0.5, 0.6) is 5.75 Å². The third kappa shape index (κ3) is 5.57. The lowest BCUT2D eigenvalue weighted by molar-refractivity contribution is -0.176. The Morgan fingerprint density at radius 2 is 1.97 bits per heavy atom. The molecule has 37 heavy (non-hydrogen) atoms. The van der Waals surface area contributed by atoms with Gasteiger partial charge in [-0.2, -0.15) is 23.5 Å². The summed E-state index contributed by atoms with van der Waals surface area (Å²) in [4.78, 5) is 27.9. The van der Waals surface area contributed by atoms with Gasteiger partial charge in [0.05, 0.1) is 43.8 Å². The van der Waals surface area contributed by atoms with Crippen molar-refractivity contribution in [1.82, 2.24) is 9.78 Å². The number of aromatic nitrogens is 2. The van der Waals surface area contributed by atoms with Crippen molar-refractivity contribution in [3.8, 4) is 11.8 Å². The molecular weight excluding hydrogens is 491 g/mol. The molecule has 12 heteroatoms. The van der Waals surface area contributed by atoms with E-state index in [0.717, 1.165) is 0 Å². The number of rotatable bonds is 7. The highest BCUT2D eigenvalue weighted by molar-refractivity contribution is 6.13. The van der Waals surface area contributed by atoms with Crippen molar-refractivity contribution in [2.24, 2.45) is 0 Å². The number of fused-ring (bicyclic) bond motifs is 1. The van der Waals surface area contributed by atoms with Crippen LogP contribution < -0.4 is 15.0 Å². The van der Waals surface area contributed by atoms with Crippen LogP contribution in [0.2, 0.25) is 0 Å². The SMILES string of the molecule is COc1ccc(C(=O)Nc2cnn3c2C(=O)N(c2ccc(COCC(F)(F)F)cc2)C(C)C3)cc1C#N. The normalized spacial score (nSPS) is 15.2. The standard InChI is InChI=1S/C25H22F3N5O4/c1-15-12-32-22(20(11-30-32)31-23(34)17-5-8-21(36-2)18(9-17)10-29)24(35)33(15)19-6-3-16(4-7-19)13-37-14-25(26,27)28/h3-9,11,15H,12-14H2,1-2H3,(H,31,34). The topological polar surface area (TPSA) is 109 Å². The monoisotopic (exact) mass is 513 g/mol. The minimum atomic E-state index is -4.41. The molecule has 0 saturated heterocycles. The number of alkyl halides is 3. The summed E-state index contributed by atoms with van der Waals surface area (Å²) in [5.74, 6) is -0.601. The van der Waals surface area contributed by atoms with Crippen molar-refractivity contribution < 1.29 is 32.2 Å². The molecule has 1 aliphatic heterocycles. The summed E-state index contributed by atoms with van der Waals surface area (Å²) in [7, 11) is 1.42. The molecule has 2 heterocycles. The quantitative estimate of drug-likeness (QED) is 0.509. The fourth-order valence-corrected chi connectivity index (χ4v) is 4.03. The first-order valence-corrected chi connectivity index (χ1v) is 11.1. The maximum atomic E-state index is 13.5. The third-order valence-corrected chi connectivity index (χ3v) is 5.72. The number of carbonyl (C=O) groups is 2. The molecule has 0 spiro atoms. The van der Waals surface area contributed by atoms with E-state index in [1.54, 1.807) is 24.3 Å². The van der Waals surface area contributed by atoms with Gasteiger partial charge < -0.3 is 19.7 Å². The Labute approximate surface area is 210 Å². The van der Waals surface area contributed by atoms with Crippen LogP contribution in [0.1, 0.15) is 38.9 Å². The van der Waals surface area contributed by atoms with Crippen molar-refractivity contribution in [2.75, 3.05) is 23.9 Å². The van der Waals surface area contributed by atoms with Crippen molar-refractivity contribution in [2.45, 2.75) is 32.3 Å². The summed E-state index contributed by atoms with van der Waals surface area (Å²) in [5.41, 5.74) is 1.84. The molecule has 1 aliphatic rings. The number of ether oxygens (including phenoxy) is 2. The van der Waals surface area contributed by atoms with E-state index >= 15 is 0 Å². The molecule has 1 N–H and O–H groups in total. The second kappa shape index (κ2) is 10.3. The molecule has 2 amide bonds. The van der Waals surface area contributed by atoms with Crippen LogP contribution >= 0.6 is 0 Å². The first-order valence-electron chi connectivity index (χ1n) is 11.1. The Kier molecular flexibility index (Phi) is 7.17. The van der Waals surface area contributed by atoms with Crippen LogP contribution in [0.4, 0.5) is 24.5 Å². The molecule has 1 aromatic heterocycles. The number of hydrogen-bond acceptors (Lipinski definition) is 6. The average molecular weight is 513 g/mol. The van der Waals surface area contributed by atoms with Crippen LogP contribution in [-0.2, 0) is 17.9 Å². The predicted molar refractivity (Wildman–Crippen MR) is 126 cm³/mol. The Balaban J connectivity index is 1.52. The molecule has 4 rings (SSSR count). The zero-order valence-electron chi connectivity index (χ0n) is 19.9. The molecule has 0 fully saturated rings. The maximum absolute atomic E-state index is 13.5. The smallest absolute Gasteiger partial charge is 0.411 e. The molecule has 1 atom stereocenters. The van der Waals surface area contributed by atoms with Crippen molar-refractivity contribution >= 4 is 23.2 Å². The number of nitrogens with one attached hydrogen (secondary N) is 1.